The lowest BCUT2D eigenvalue weighted by atomic mass is 9.80. The predicted molar refractivity (Wildman–Crippen MR) is 499 cm³/mol. The molecular formula is C98H143N17O18S. The number of aromatic nitrogens is 2. The third-order valence-corrected chi connectivity index (χ3v) is 30.4. The molecule has 35 nitrogen and oxygen atoms in total. The summed E-state index contributed by atoms with van der Waals surface area (Å²) in [6, 6.07) is -1.28. The Kier molecular flexibility index (Phi) is 32.7. The number of thiazole rings is 1. The summed E-state index contributed by atoms with van der Waals surface area (Å²) in [4.78, 5) is 250. The molecule has 0 radical (unpaired) electrons. The van der Waals surface area contributed by atoms with Crippen molar-refractivity contribution >= 4 is 117 Å². The molecule has 36 heteroatoms. The van der Waals surface area contributed by atoms with Crippen LogP contribution in [0.4, 0.5) is 14.4 Å². The van der Waals surface area contributed by atoms with Crippen molar-refractivity contribution in [1.29, 1.82) is 0 Å². The molecule has 134 heavy (non-hydrogen) atoms. The van der Waals surface area contributed by atoms with E-state index in [-0.39, 0.29) is 110 Å². The van der Waals surface area contributed by atoms with E-state index >= 15 is 0 Å². The third kappa shape index (κ3) is 24.3. The van der Waals surface area contributed by atoms with Gasteiger partial charge < -0.3 is 79.8 Å². The number of nitrogens with two attached hydrogens (primary N) is 3. The molecule has 15 N–H and O–H groups in total. The molecule has 3 unspecified atom stereocenters. The molecule has 15 amide bonds. The Bertz CT molecular complexity index is 4920. The van der Waals surface area contributed by atoms with Crippen LogP contribution in [0.25, 0.3) is 0 Å². The summed E-state index contributed by atoms with van der Waals surface area (Å²) in [5, 5.41) is 27.0. The maximum Gasteiger partial charge on any atom is 0.316 e. The number of urea groups is 3. The number of fused-ring (bicyclic) bond motifs is 3. The lowest BCUT2D eigenvalue weighted by Gasteiger charge is -2.38. The summed E-state index contributed by atoms with van der Waals surface area (Å²) in [7, 11) is 0. The number of benzene rings is 1. The number of primary amides is 3. The quantitative estimate of drug-likeness (QED) is 0.0197. The van der Waals surface area contributed by atoms with Crippen LogP contribution in [0.2, 0.25) is 0 Å². The van der Waals surface area contributed by atoms with Gasteiger partial charge in [0, 0.05) is 54.7 Å². The largest absolute Gasteiger partial charge is 0.363 e. The Hall–Kier alpha value is -10.9. The summed E-state index contributed by atoms with van der Waals surface area (Å²) < 4.78 is 0. The molecule has 6 aliphatic carbocycles. The van der Waals surface area contributed by atoms with Gasteiger partial charge in [0.25, 0.3) is 17.7 Å². The number of Topliss-reactive ketones (excluding diaryl/α,β-unsaturated/α-hetero) is 6. The van der Waals surface area contributed by atoms with E-state index in [1.54, 1.807) is 48.0 Å². The van der Waals surface area contributed by atoms with Crippen molar-refractivity contribution in [3.8, 4) is 0 Å². The van der Waals surface area contributed by atoms with Crippen LogP contribution in [0.15, 0.2) is 66.4 Å². The molecule has 0 spiro atoms. The fourth-order valence-corrected chi connectivity index (χ4v) is 21.0. The van der Waals surface area contributed by atoms with Gasteiger partial charge in [-0.05, 0) is 135 Å². The number of likely N-dealkylation sites (tertiary alicyclic amines) is 3. The first-order chi connectivity index (χ1) is 62.4. The number of rotatable bonds is 38. The van der Waals surface area contributed by atoms with Crippen molar-refractivity contribution in [2.24, 2.45) is 121 Å². The zero-order valence-corrected chi connectivity index (χ0v) is 82.4. The normalized spacial score (nSPS) is 23.9. The molecule has 18 atom stereocenters. The molecule has 9 aliphatic rings. The maximum atomic E-state index is 14.3. The number of amides is 15. The van der Waals surface area contributed by atoms with Crippen LogP contribution in [0.3, 0.4) is 0 Å². The molecule has 734 valence electrons. The van der Waals surface area contributed by atoms with Crippen LogP contribution in [-0.4, -0.2) is 223 Å². The van der Waals surface area contributed by atoms with Gasteiger partial charge in [-0.25, -0.2) is 19.4 Å². The van der Waals surface area contributed by atoms with E-state index in [0.29, 0.717) is 62.9 Å². The molecule has 3 saturated heterocycles. The molecule has 6 saturated carbocycles. The zero-order valence-electron chi connectivity index (χ0n) is 81.5. The molecule has 2 aromatic heterocycles. The minimum atomic E-state index is -1.11. The van der Waals surface area contributed by atoms with Gasteiger partial charge in [0.15, 0.2) is 16.6 Å². The second-order valence-electron chi connectivity index (χ2n) is 44.2. The van der Waals surface area contributed by atoms with Gasteiger partial charge in [-0.2, -0.15) is 0 Å². The number of nitrogens with zero attached hydrogens (tertiary/aromatic N) is 5. The highest BCUT2D eigenvalue weighted by molar-refractivity contribution is 7.11. The van der Waals surface area contributed by atoms with Gasteiger partial charge in [0.1, 0.15) is 36.3 Å². The van der Waals surface area contributed by atoms with Crippen molar-refractivity contribution in [3.05, 3.63) is 82.6 Å². The fourth-order valence-electron chi connectivity index (χ4n) is 20.4. The monoisotopic (exact) mass is 1880 g/mol. The maximum absolute atomic E-state index is 14.3. The van der Waals surface area contributed by atoms with E-state index < -0.39 is 177 Å². The number of pyridine rings is 1. The highest BCUT2D eigenvalue weighted by atomic mass is 32.1. The Morgan fingerprint density at radius 1 is 0.418 bits per heavy atom. The lowest BCUT2D eigenvalue weighted by Crippen LogP contribution is -2.62. The van der Waals surface area contributed by atoms with E-state index in [1.165, 1.54) is 38.4 Å². The van der Waals surface area contributed by atoms with E-state index in [1.807, 2.05) is 138 Å². The second-order valence-corrected chi connectivity index (χ2v) is 45.1. The van der Waals surface area contributed by atoms with Crippen molar-refractivity contribution < 1.29 is 86.3 Å². The smallest absolute Gasteiger partial charge is 0.316 e. The Balaban J connectivity index is 0.000000208. The molecule has 3 aromatic rings. The summed E-state index contributed by atoms with van der Waals surface area (Å²) in [6.45, 7) is 40.8. The summed E-state index contributed by atoms with van der Waals surface area (Å²) in [5.74, 6) is -9.57. The average Bonchev–Trinajstić information content (AvgIpc) is 1.53. The van der Waals surface area contributed by atoms with E-state index in [4.69, 9.17) is 17.2 Å². The minimum Gasteiger partial charge on any atom is -0.363 e. The van der Waals surface area contributed by atoms with E-state index in [9.17, 15) is 86.3 Å². The van der Waals surface area contributed by atoms with E-state index in [2.05, 4.69) is 71.7 Å². The topological polar surface area (TPSA) is 529 Å². The molecule has 12 rings (SSSR count). The highest BCUT2D eigenvalue weighted by Gasteiger charge is 2.73. The van der Waals surface area contributed by atoms with Crippen LogP contribution in [0.5, 0.6) is 0 Å². The van der Waals surface area contributed by atoms with Gasteiger partial charge in [-0.15, -0.1) is 11.3 Å². The number of hydrogen-bond donors (Lipinski definition) is 12. The van der Waals surface area contributed by atoms with Gasteiger partial charge >= 0.3 is 18.1 Å². The van der Waals surface area contributed by atoms with Gasteiger partial charge in [0.05, 0.1) is 36.3 Å². The SMILES string of the molecule is CC(C)[C@H](NC(=O)N[C@H](C(=O)N1C[C@H]2[C@@H]([C@H]1C(=O)NC(CC1CC1)C(=O)C(N)=O)C2(C)C)C(C)(C)C)C(=O)c1cccnc1.CC(C)[C@H](NC(=O)N[C@H](C(=O)N1C[C@H]2[C@@H]([C@H]1C(=O)NC(CC1CCC1)C(=O)C(N)=O)C2(C)C)C(C)(C)C)C(=O)c1nccs1.CCC(CC)[C@H](NC(=O)N[C@H](C(=O)N1C[C@H]2[C@@H]([C@H]1C(=O)NC(CC1CC1)C(=O)C(N)=O)C2(C)C)C(C)(C)C)C(=O)c1ccccc1. The molecule has 5 heterocycles. The standard InChI is InChI=1S/C35H51N5O6.C32H46N6O6.C31H46N6O6S/c1-8-20(9-2)25(27(41)21-13-11-10-12-14-21)38-33(46)39-29(34(3,4)5)32(45)40-18-22-24(35(22,6)7)26(40)31(44)37-23(17-19-15-16-19)28(42)30(36)43;1-16(2)22(24(39)18-9-8-12-34-14-18)36-30(44)37-26(31(3,4)5)29(43)38-15-19-21(32(19,6)7)23(38)28(42)35-20(13-17-10-11-17)25(40)27(33)41;1-15(2)20(23(39)27-33-11-12-44-27)35-29(43)36-24(30(3,4)5)28(42)37-14-17-19(31(17,6)7)21(37)26(41)34-18(22(38)25(32)40)13-16-9-8-10-16/h10-14,19-20,22-26,29H,8-9,15-18H2,1-7H3,(H2,36,43)(H,37,44)(H2,38,39,46);8-9,12,14,16-17,19-23,26H,10-11,13,15H2,1-7H3,(H2,33,41)(H,35,42)(H2,36,37,44);11-12,15-21,24H,8-10,13-14H2,1-7H3,(H2,32,40)(H,34,41)(H2,35,36,43)/t22-,23?,24-,25-,26-,29+;19-,20?,21-,22-,23-,26+;17-,18?,19-,20-,21-,24+/m000/s1. The van der Waals surface area contributed by atoms with E-state index in [0.717, 1.165) is 44.9 Å². The zero-order chi connectivity index (χ0) is 99.6. The van der Waals surface area contributed by atoms with Crippen molar-refractivity contribution in [2.75, 3.05) is 19.6 Å². The number of hydrogen-bond acceptors (Lipinski definition) is 21. The van der Waals surface area contributed by atoms with Crippen LogP contribution in [-0.2, 0) is 57.5 Å². The highest BCUT2D eigenvalue weighted by Crippen LogP contribution is 2.67. The van der Waals surface area contributed by atoms with Crippen molar-refractivity contribution in [3.63, 3.8) is 0 Å². The first-order valence-corrected chi connectivity index (χ1v) is 48.3. The third-order valence-electron chi connectivity index (χ3n) is 29.6. The first-order valence-electron chi connectivity index (χ1n) is 47.4. The predicted octanol–water partition coefficient (Wildman–Crippen LogP) is 7.31. The molecule has 9 fully saturated rings. The van der Waals surface area contributed by atoms with Gasteiger partial charge in [0.2, 0.25) is 58.6 Å². The Morgan fingerprint density at radius 2 is 0.739 bits per heavy atom. The first kappa shape index (κ1) is 105. The van der Waals surface area contributed by atoms with Crippen molar-refractivity contribution in [1.82, 2.24) is 72.5 Å². The fraction of sp³-hybridized carbons (Fsp3) is 0.673. The number of ketones is 6. The van der Waals surface area contributed by atoms with Crippen LogP contribution in [0, 0.1) is 104 Å². The molecular weight excluding hydrogens is 1740 g/mol. The number of carbonyl (C=O) groups is 18. The lowest BCUT2D eigenvalue weighted by molar-refractivity contribution is -0.145. The summed E-state index contributed by atoms with van der Waals surface area (Å²) in [6.07, 6.45) is 13.4. The van der Waals surface area contributed by atoms with Gasteiger partial charge in [-0.3, -0.25) is 76.9 Å². The summed E-state index contributed by atoms with van der Waals surface area (Å²) in [5.41, 5.74) is 13.9. The molecule has 0 bridgehead atoms. The van der Waals surface area contributed by atoms with Crippen LogP contribution >= 0.6 is 11.3 Å². The number of piperidine rings is 3. The number of carbonyl (C=O) groups excluding carboxylic acids is 18. The van der Waals surface area contributed by atoms with Crippen LogP contribution in [0.1, 0.15) is 253 Å². The minimum absolute atomic E-state index is 0.0628. The average molecular weight is 1880 g/mol. The molecule has 1 aromatic carbocycles. The summed E-state index contributed by atoms with van der Waals surface area (Å²) >= 11 is 1.19. The van der Waals surface area contributed by atoms with Gasteiger partial charge in [-0.1, -0.05) is 234 Å². The number of nitrogens with one attached hydrogen (secondary N) is 9. The Morgan fingerprint density at radius 3 is 1.01 bits per heavy atom. The van der Waals surface area contributed by atoms with Crippen molar-refractivity contribution in [2.45, 2.75) is 295 Å². The Labute approximate surface area is 789 Å². The molecule has 3 aliphatic heterocycles. The second kappa shape index (κ2) is 41.7. The van der Waals surface area contributed by atoms with Crippen LogP contribution < -0.4 is 65.1 Å².